The van der Waals surface area contributed by atoms with Gasteiger partial charge in [-0.25, -0.2) is 0 Å². The van der Waals surface area contributed by atoms with E-state index in [-0.39, 0.29) is 18.2 Å². The number of carbonyl (C=O) groups is 1. The normalized spacial score (nSPS) is 10.2. The molecule has 0 heterocycles. The van der Waals surface area contributed by atoms with E-state index in [1.807, 2.05) is 13.0 Å². The second kappa shape index (κ2) is 7.11. The van der Waals surface area contributed by atoms with Gasteiger partial charge in [-0.05, 0) is 36.8 Å². The molecular formula is C16H15ClN2O4. The van der Waals surface area contributed by atoms with Crippen LogP contribution in [-0.4, -0.2) is 24.5 Å². The Bertz CT molecular complexity index is 731. The number of ether oxygens (including phenoxy) is 1. The molecule has 0 aliphatic heterocycles. The van der Waals surface area contributed by atoms with Crippen molar-refractivity contribution in [1.82, 2.24) is 0 Å². The minimum atomic E-state index is -0.492. The van der Waals surface area contributed by atoms with Crippen LogP contribution in [0.1, 0.15) is 5.56 Å². The van der Waals surface area contributed by atoms with E-state index < -0.39 is 4.92 Å². The lowest BCUT2D eigenvalue weighted by Crippen LogP contribution is -2.31. The second-order valence-corrected chi connectivity index (χ2v) is 5.36. The van der Waals surface area contributed by atoms with Crippen LogP contribution in [0.5, 0.6) is 5.75 Å². The maximum absolute atomic E-state index is 12.2. The van der Waals surface area contributed by atoms with Crippen LogP contribution in [0.15, 0.2) is 42.5 Å². The van der Waals surface area contributed by atoms with Crippen molar-refractivity contribution in [3.05, 3.63) is 63.2 Å². The van der Waals surface area contributed by atoms with Crippen LogP contribution in [0.4, 0.5) is 11.4 Å². The number of likely N-dealkylation sites (N-methyl/N-ethyl adjacent to an activating group) is 1. The number of hydrogen-bond donors (Lipinski definition) is 0. The molecule has 2 rings (SSSR count). The first-order valence-corrected chi connectivity index (χ1v) is 7.16. The number of amides is 1. The number of nitrogens with zero attached hydrogens (tertiary/aromatic N) is 2. The van der Waals surface area contributed by atoms with E-state index in [2.05, 4.69) is 0 Å². The highest BCUT2D eigenvalue weighted by Crippen LogP contribution is 2.25. The molecule has 0 aromatic heterocycles. The summed E-state index contributed by atoms with van der Waals surface area (Å²) in [4.78, 5) is 23.7. The molecule has 0 saturated carbocycles. The smallest absolute Gasteiger partial charge is 0.269 e. The maximum atomic E-state index is 12.2. The van der Waals surface area contributed by atoms with Gasteiger partial charge in [0.05, 0.1) is 9.95 Å². The first kappa shape index (κ1) is 16.8. The number of carbonyl (C=O) groups excluding carboxylic acids is 1. The van der Waals surface area contributed by atoms with Crippen LogP contribution in [0.3, 0.4) is 0 Å². The van der Waals surface area contributed by atoms with E-state index in [1.54, 1.807) is 19.2 Å². The lowest BCUT2D eigenvalue weighted by atomic mass is 10.2. The fraction of sp³-hybridized carbons (Fsp3) is 0.188. The van der Waals surface area contributed by atoms with Gasteiger partial charge in [0.25, 0.3) is 11.6 Å². The largest absolute Gasteiger partial charge is 0.482 e. The molecule has 0 bridgehead atoms. The van der Waals surface area contributed by atoms with Crippen molar-refractivity contribution >= 4 is 28.9 Å². The van der Waals surface area contributed by atoms with Crippen molar-refractivity contribution < 1.29 is 14.5 Å². The van der Waals surface area contributed by atoms with E-state index >= 15 is 0 Å². The molecule has 1 amide bonds. The average molecular weight is 335 g/mol. The molecule has 7 heteroatoms. The summed E-state index contributed by atoms with van der Waals surface area (Å²) in [6.45, 7) is 1.71. The Morgan fingerprint density at radius 3 is 2.52 bits per heavy atom. The Morgan fingerprint density at radius 2 is 1.91 bits per heavy atom. The van der Waals surface area contributed by atoms with E-state index in [0.29, 0.717) is 16.5 Å². The second-order valence-electron chi connectivity index (χ2n) is 4.95. The van der Waals surface area contributed by atoms with Crippen molar-refractivity contribution in [1.29, 1.82) is 0 Å². The Kier molecular flexibility index (Phi) is 5.18. The number of halogens is 1. The number of anilines is 1. The van der Waals surface area contributed by atoms with Crippen LogP contribution < -0.4 is 9.64 Å². The molecule has 120 valence electrons. The summed E-state index contributed by atoms with van der Waals surface area (Å²) in [7, 11) is 1.57. The van der Waals surface area contributed by atoms with E-state index in [1.165, 1.54) is 29.2 Å². The number of rotatable bonds is 5. The number of hydrogen-bond acceptors (Lipinski definition) is 4. The Labute approximate surface area is 138 Å². The number of nitro groups is 1. The topological polar surface area (TPSA) is 72.7 Å². The molecule has 0 saturated heterocycles. The predicted octanol–water partition coefficient (Wildman–Crippen LogP) is 3.60. The summed E-state index contributed by atoms with van der Waals surface area (Å²) in [6.07, 6.45) is 0. The lowest BCUT2D eigenvalue weighted by Gasteiger charge is -2.18. The summed E-state index contributed by atoms with van der Waals surface area (Å²) >= 11 is 6.01. The molecule has 2 aromatic carbocycles. The summed E-state index contributed by atoms with van der Waals surface area (Å²) < 4.78 is 5.45. The first-order valence-electron chi connectivity index (χ1n) is 6.78. The maximum Gasteiger partial charge on any atom is 0.269 e. The van der Waals surface area contributed by atoms with Crippen LogP contribution in [0.25, 0.3) is 0 Å². The third kappa shape index (κ3) is 4.20. The quantitative estimate of drug-likeness (QED) is 0.618. The minimum absolute atomic E-state index is 0.0302. The highest BCUT2D eigenvalue weighted by atomic mass is 35.5. The van der Waals surface area contributed by atoms with Gasteiger partial charge in [0, 0.05) is 24.9 Å². The summed E-state index contributed by atoms with van der Waals surface area (Å²) in [6, 6.07) is 11.0. The van der Waals surface area contributed by atoms with Crippen molar-refractivity contribution in [3.63, 3.8) is 0 Å². The Balaban J connectivity index is 2.02. The van der Waals surface area contributed by atoms with Gasteiger partial charge in [-0.1, -0.05) is 17.7 Å². The van der Waals surface area contributed by atoms with Crippen molar-refractivity contribution in [2.75, 3.05) is 18.6 Å². The Morgan fingerprint density at radius 1 is 1.26 bits per heavy atom. The van der Waals surface area contributed by atoms with Gasteiger partial charge in [-0.15, -0.1) is 0 Å². The molecule has 0 fully saturated rings. The molecule has 2 aromatic rings. The van der Waals surface area contributed by atoms with Crippen LogP contribution in [0.2, 0.25) is 5.02 Å². The van der Waals surface area contributed by atoms with Gasteiger partial charge in [-0.2, -0.15) is 0 Å². The van der Waals surface area contributed by atoms with Gasteiger partial charge in [0.15, 0.2) is 6.61 Å². The van der Waals surface area contributed by atoms with E-state index in [0.717, 1.165) is 5.56 Å². The third-order valence-electron chi connectivity index (χ3n) is 3.26. The summed E-state index contributed by atoms with van der Waals surface area (Å²) in [5.74, 6) is 0.147. The van der Waals surface area contributed by atoms with Crippen molar-refractivity contribution in [3.8, 4) is 5.75 Å². The molecule has 0 unspecified atom stereocenters. The fourth-order valence-corrected chi connectivity index (χ4v) is 2.07. The average Bonchev–Trinajstić information content (AvgIpc) is 2.54. The standard InChI is InChI=1S/C16H15ClN2O4/c1-11-3-8-14(17)15(9-11)23-10-16(20)18(2)12-4-6-13(7-5-12)19(21)22/h3-9H,10H2,1-2H3. The zero-order valence-electron chi connectivity index (χ0n) is 12.7. The highest BCUT2D eigenvalue weighted by molar-refractivity contribution is 6.32. The molecule has 23 heavy (non-hydrogen) atoms. The molecule has 0 N–H and O–H groups in total. The Hall–Kier alpha value is -2.60. The van der Waals surface area contributed by atoms with Gasteiger partial charge in [0.1, 0.15) is 5.75 Å². The van der Waals surface area contributed by atoms with Crippen molar-refractivity contribution in [2.45, 2.75) is 6.92 Å². The highest BCUT2D eigenvalue weighted by Gasteiger charge is 2.14. The minimum Gasteiger partial charge on any atom is -0.482 e. The van der Waals surface area contributed by atoms with Gasteiger partial charge in [-0.3, -0.25) is 14.9 Å². The van der Waals surface area contributed by atoms with Gasteiger partial charge < -0.3 is 9.64 Å². The van der Waals surface area contributed by atoms with Gasteiger partial charge in [0.2, 0.25) is 0 Å². The molecule has 0 spiro atoms. The molecule has 0 aliphatic rings. The lowest BCUT2D eigenvalue weighted by molar-refractivity contribution is -0.384. The van der Waals surface area contributed by atoms with Crippen LogP contribution in [0, 0.1) is 17.0 Å². The zero-order valence-corrected chi connectivity index (χ0v) is 13.4. The molecule has 0 aliphatic carbocycles. The van der Waals surface area contributed by atoms with Crippen molar-refractivity contribution in [2.24, 2.45) is 0 Å². The number of nitro benzene ring substituents is 1. The monoisotopic (exact) mass is 334 g/mol. The van der Waals surface area contributed by atoms with Crippen LogP contribution >= 0.6 is 11.6 Å². The van der Waals surface area contributed by atoms with Gasteiger partial charge >= 0.3 is 0 Å². The van der Waals surface area contributed by atoms with E-state index in [9.17, 15) is 14.9 Å². The molecule has 6 nitrogen and oxygen atoms in total. The number of benzene rings is 2. The molecule has 0 atom stereocenters. The zero-order chi connectivity index (χ0) is 17.0. The SMILES string of the molecule is Cc1ccc(Cl)c(OCC(=O)N(C)c2ccc([N+](=O)[O-])cc2)c1. The first-order chi connectivity index (χ1) is 10.9. The summed E-state index contributed by atoms with van der Waals surface area (Å²) in [5, 5.41) is 11.1. The third-order valence-corrected chi connectivity index (χ3v) is 3.57. The predicted molar refractivity (Wildman–Crippen MR) is 88.2 cm³/mol. The number of non-ortho nitro benzene ring substituents is 1. The van der Waals surface area contributed by atoms with E-state index in [4.69, 9.17) is 16.3 Å². The fourth-order valence-electron chi connectivity index (χ4n) is 1.90. The molecule has 0 radical (unpaired) electrons. The number of aryl methyl sites for hydroxylation is 1. The van der Waals surface area contributed by atoms with Crippen LogP contribution in [-0.2, 0) is 4.79 Å². The summed E-state index contributed by atoms with van der Waals surface area (Å²) in [5.41, 5.74) is 1.48. The molecular weight excluding hydrogens is 320 g/mol.